The lowest BCUT2D eigenvalue weighted by Gasteiger charge is -2.32. The molecule has 0 unspecified atom stereocenters. The predicted molar refractivity (Wildman–Crippen MR) is 103 cm³/mol. The van der Waals surface area contributed by atoms with Crippen LogP contribution in [-0.2, 0) is 33.1 Å². The van der Waals surface area contributed by atoms with Crippen molar-refractivity contribution in [3.63, 3.8) is 0 Å². The standard InChI is InChI=1S/C19H27N3O5S/c1-21-11-15(16-4-2-3-5-18(16)21)10-17(20)19(23)27-12-14-6-8-22(9-7-14)13-28(24,25)26/h2-5,11,14,17H,6-10,12-13,20H2,1H3,(H,24,25,26)/t17-/m1/s1. The zero-order valence-electron chi connectivity index (χ0n) is 16.0. The van der Waals surface area contributed by atoms with E-state index in [9.17, 15) is 17.8 Å². The highest BCUT2D eigenvalue weighted by Crippen LogP contribution is 2.22. The first-order valence-electron chi connectivity index (χ1n) is 9.41. The molecular formula is C19H27N3O5S. The van der Waals surface area contributed by atoms with Gasteiger partial charge in [-0.25, -0.2) is 13.2 Å². The van der Waals surface area contributed by atoms with E-state index >= 15 is 0 Å². The molecule has 1 aliphatic rings. The van der Waals surface area contributed by atoms with E-state index in [0.717, 1.165) is 16.5 Å². The van der Waals surface area contributed by atoms with E-state index in [-0.39, 0.29) is 11.9 Å². The first-order chi connectivity index (χ1) is 13.2. The molecule has 1 saturated heterocycles. The molecule has 0 bridgehead atoms. The summed E-state index contributed by atoms with van der Waals surface area (Å²) in [6.07, 6.45) is 3.94. The number of benzene rings is 1. The number of likely N-dealkylation sites (tertiary alicyclic amines) is 1. The molecule has 1 aromatic carbocycles. The fraction of sp³-hybridized carbons (Fsp3) is 0.526. The average molecular weight is 410 g/mol. The van der Waals surface area contributed by atoms with Crippen LogP contribution in [0.4, 0.5) is 0 Å². The van der Waals surface area contributed by atoms with Crippen molar-refractivity contribution in [2.45, 2.75) is 25.3 Å². The summed E-state index contributed by atoms with van der Waals surface area (Å²) in [4.78, 5) is 14.0. The Labute approximate surface area is 165 Å². The minimum absolute atomic E-state index is 0.180. The number of hydrogen-bond acceptors (Lipinski definition) is 6. The molecule has 2 heterocycles. The fourth-order valence-electron chi connectivity index (χ4n) is 3.76. The summed E-state index contributed by atoms with van der Waals surface area (Å²) >= 11 is 0. The number of quaternary nitrogens is 1. The summed E-state index contributed by atoms with van der Waals surface area (Å²) < 4.78 is 40.0. The van der Waals surface area contributed by atoms with Gasteiger partial charge in [-0.2, -0.15) is 0 Å². The number of aromatic nitrogens is 1. The maximum Gasteiger partial charge on any atom is 0.365 e. The predicted octanol–water partition coefficient (Wildman–Crippen LogP) is 0.0892. The molecular weight excluding hydrogens is 382 g/mol. The number of esters is 1. The second kappa shape index (κ2) is 8.60. The Kier molecular flexibility index (Phi) is 6.39. The van der Waals surface area contributed by atoms with E-state index < -0.39 is 22.0 Å². The molecule has 3 N–H and O–H groups in total. The molecule has 3 rings (SSSR count). The molecule has 9 heteroatoms. The van der Waals surface area contributed by atoms with E-state index in [0.29, 0.717) is 39.0 Å². The fourth-order valence-corrected chi connectivity index (χ4v) is 4.47. The van der Waals surface area contributed by atoms with E-state index in [4.69, 9.17) is 4.74 Å². The zero-order chi connectivity index (χ0) is 20.3. The van der Waals surface area contributed by atoms with Crippen LogP contribution in [0.3, 0.4) is 0 Å². The summed E-state index contributed by atoms with van der Waals surface area (Å²) in [6, 6.07) is 7.56. The average Bonchev–Trinajstić information content (AvgIpc) is 2.95. The number of carbonyl (C=O) groups is 1. The lowest BCUT2D eigenvalue weighted by Crippen LogP contribution is -2.66. The van der Waals surface area contributed by atoms with Crippen molar-refractivity contribution in [1.29, 1.82) is 0 Å². The van der Waals surface area contributed by atoms with Gasteiger partial charge in [0.2, 0.25) is 0 Å². The lowest BCUT2D eigenvalue weighted by molar-refractivity contribution is -0.408. The van der Waals surface area contributed by atoms with E-state index in [2.05, 4.69) is 5.73 Å². The minimum atomic E-state index is -4.24. The van der Waals surface area contributed by atoms with Gasteiger partial charge in [0, 0.05) is 30.6 Å². The van der Waals surface area contributed by atoms with E-state index in [1.807, 2.05) is 42.1 Å². The Bertz CT molecular complexity index is 932. The third-order valence-corrected chi connectivity index (χ3v) is 5.97. The zero-order valence-corrected chi connectivity index (χ0v) is 16.9. The van der Waals surface area contributed by atoms with Crippen LogP contribution in [0.5, 0.6) is 0 Å². The highest BCUT2D eigenvalue weighted by Gasteiger charge is 2.25. The number of rotatable bonds is 7. The van der Waals surface area contributed by atoms with Gasteiger partial charge in [-0.15, -0.1) is 0 Å². The van der Waals surface area contributed by atoms with Gasteiger partial charge in [0.15, 0.2) is 6.04 Å². The topological polar surface area (TPSA) is 119 Å². The Hall–Kier alpha value is -1.94. The largest absolute Gasteiger partial charge is 0.747 e. The van der Waals surface area contributed by atoms with Gasteiger partial charge in [0.25, 0.3) is 0 Å². The molecule has 0 spiro atoms. The number of para-hydroxylation sites is 1. The Morgan fingerprint density at radius 3 is 2.68 bits per heavy atom. The van der Waals surface area contributed by atoms with Crippen molar-refractivity contribution in [2.75, 3.05) is 25.6 Å². The third-order valence-electron chi connectivity index (χ3n) is 5.29. The molecule has 8 nitrogen and oxygen atoms in total. The second-order valence-corrected chi connectivity index (χ2v) is 8.94. The Balaban J connectivity index is 1.47. The van der Waals surface area contributed by atoms with Crippen molar-refractivity contribution in [2.24, 2.45) is 13.0 Å². The van der Waals surface area contributed by atoms with E-state index in [1.54, 1.807) is 4.90 Å². The summed E-state index contributed by atoms with van der Waals surface area (Å²) in [6.45, 7) is 1.35. The molecule has 0 radical (unpaired) electrons. The second-order valence-electron chi connectivity index (χ2n) is 7.56. The molecule has 0 amide bonds. The van der Waals surface area contributed by atoms with Crippen LogP contribution >= 0.6 is 0 Å². The maximum absolute atomic E-state index is 12.4. The molecule has 28 heavy (non-hydrogen) atoms. The smallest absolute Gasteiger partial charge is 0.365 e. The van der Waals surface area contributed by atoms with Gasteiger partial charge < -0.3 is 19.6 Å². The van der Waals surface area contributed by atoms with Gasteiger partial charge in [-0.1, -0.05) is 18.2 Å². The van der Waals surface area contributed by atoms with Crippen LogP contribution in [0.1, 0.15) is 18.4 Å². The molecule has 154 valence electrons. The maximum atomic E-state index is 12.4. The molecule has 1 aromatic heterocycles. The summed E-state index contributed by atoms with van der Waals surface area (Å²) in [5.74, 6) is -0.595. The van der Waals surface area contributed by atoms with Crippen molar-refractivity contribution < 1.29 is 28.2 Å². The van der Waals surface area contributed by atoms with Gasteiger partial charge >= 0.3 is 5.97 Å². The first-order valence-corrected chi connectivity index (χ1v) is 11.0. The molecule has 1 fully saturated rings. The van der Waals surface area contributed by atoms with Crippen LogP contribution in [-0.4, -0.2) is 60.0 Å². The van der Waals surface area contributed by atoms with Crippen molar-refractivity contribution in [3.05, 3.63) is 36.0 Å². The van der Waals surface area contributed by atoms with Gasteiger partial charge in [-0.3, -0.25) is 4.90 Å². The number of piperidine rings is 1. The number of ether oxygens (including phenoxy) is 1. The number of hydrogen-bond donors (Lipinski definition) is 1. The highest BCUT2D eigenvalue weighted by molar-refractivity contribution is 7.85. The van der Waals surface area contributed by atoms with Crippen molar-refractivity contribution in [1.82, 2.24) is 9.47 Å². The molecule has 1 atom stereocenters. The third kappa shape index (κ3) is 5.32. The lowest BCUT2D eigenvalue weighted by atomic mass is 9.98. The molecule has 1 aliphatic heterocycles. The van der Waals surface area contributed by atoms with Crippen molar-refractivity contribution in [3.8, 4) is 0 Å². The van der Waals surface area contributed by atoms with Gasteiger partial charge in [0.05, 0.1) is 12.5 Å². The van der Waals surface area contributed by atoms with Crippen LogP contribution in [0.25, 0.3) is 10.9 Å². The van der Waals surface area contributed by atoms with Crippen LogP contribution in [0, 0.1) is 5.92 Å². The van der Waals surface area contributed by atoms with Crippen LogP contribution < -0.4 is 5.73 Å². The number of carbonyl (C=O) groups excluding carboxylic acids is 1. The summed E-state index contributed by atoms with van der Waals surface area (Å²) in [5.41, 5.74) is 6.16. The highest BCUT2D eigenvalue weighted by atomic mass is 32.2. The van der Waals surface area contributed by atoms with Crippen LogP contribution in [0.15, 0.2) is 30.5 Å². The Morgan fingerprint density at radius 2 is 2.00 bits per heavy atom. The van der Waals surface area contributed by atoms with Crippen molar-refractivity contribution >= 4 is 27.0 Å². The molecule has 2 aromatic rings. The molecule has 0 saturated carbocycles. The molecule has 0 aliphatic carbocycles. The number of nitrogens with zero attached hydrogens (tertiary/aromatic N) is 2. The van der Waals surface area contributed by atoms with Crippen LogP contribution in [0.2, 0.25) is 0 Å². The minimum Gasteiger partial charge on any atom is -0.747 e. The number of aryl methyl sites for hydroxylation is 1. The Morgan fingerprint density at radius 1 is 1.32 bits per heavy atom. The monoisotopic (exact) mass is 409 g/mol. The van der Waals surface area contributed by atoms with E-state index in [1.165, 1.54) is 0 Å². The van der Waals surface area contributed by atoms with Gasteiger partial charge in [-0.05, 0) is 43.5 Å². The first kappa shape index (κ1) is 20.8. The quantitative estimate of drug-likeness (QED) is 0.511. The summed E-state index contributed by atoms with van der Waals surface area (Å²) in [7, 11) is -2.26. The SMILES string of the molecule is Cn1cc(C[C@@H]([NH3+])C(=O)OCC2CCN(CS(=O)(=O)[O-])CC2)c2ccccc21. The normalized spacial score (nSPS) is 17.7. The van der Waals surface area contributed by atoms with Gasteiger partial charge in [0.1, 0.15) is 10.1 Å². The number of fused-ring (bicyclic) bond motifs is 1. The summed E-state index contributed by atoms with van der Waals surface area (Å²) in [5, 5.41) is 1.12.